The van der Waals surface area contributed by atoms with Crippen molar-refractivity contribution < 1.29 is 23.7 Å². The summed E-state index contributed by atoms with van der Waals surface area (Å²) in [7, 11) is 6.26. The molecular weight excluding hydrogens is 542 g/mol. The van der Waals surface area contributed by atoms with Crippen molar-refractivity contribution in [1.82, 2.24) is 19.6 Å². The minimum Gasteiger partial charge on any atom is -0.497 e. The SMILES string of the molecule is COc1ccc2nc(NC(=O)c3cc(-c4cc(OC)c(OC)c(OC)c4)n4nc(-c5ccccc5)cc4n3)sc2c1. The number of aromatic nitrogens is 4. The fourth-order valence-electron chi connectivity index (χ4n) is 4.52. The lowest BCUT2D eigenvalue weighted by atomic mass is 10.1. The summed E-state index contributed by atoms with van der Waals surface area (Å²) in [4.78, 5) is 22.7. The van der Waals surface area contributed by atoms with Crippen LogP contribution in [0.5, 0.6) is 23.0 Å². The molecule has 0 aliphatic carbocycles. The molecule has 0 spiro atoms. The van der Waals surface area contributed by atoms with E-state index in [9.17, 15) is 4.79 Å². The van der Waals surface area contributed by atoms with Crippen molar-refractivity contribution in [1.29, 1.82) is 0 Å². The maximum atomic E-state index is 13.5. The molecule has 0 saturated heterocycles. The standard InChI is InChI=1S/C30H25N5O5S/c1-37-19-10-11-20-26(14-19)41-30(32-20)33-29(36)22-15-23(18-12-24(38-2)28(40-4)25(13-18)39-3)35-27(31-22)16-21(34-35)17-8-6-5-7-9-17/h5-16H,1-4H3,(H,32,33,36). The van der Waals surface area contributed by atoms with Crippen LogP contribution in [0.25, 0.3) is 38.4 Å². The van der Waals surface area contributed by atoms with Gasteiger partial charge in [-0.3, -0.25) is 10.1 Å². The number of anilines is 1. The molecule has 0 atom stereocenters. The highest BCUT2D eigenvalue weighted by Crippen LogP contribution is 2.41. The highest BCUT2D eigenvalue weighted by Gasteiger charge is 2.21. The van der Waals surface area contributed by atoms with Crippen molar-refractivity contribution >= 4 is 38.2 Å². The molecule has 0 radical (unpaired) electrons. The lowest BCUT2D eigenvalue weighted by Crippen LogP contribution is -2.15. The Morgan fingerprint density at radius 1 is 0.805 bits per heavy atom. The van der Waals surface area contributed by atoms with Crippen molar-refractivity contribution in [2.45, 2.75) is 0 Å². The van der Waals surface area contributed by atoms with Crippen LogP contribution in [0.4, 0.5) is 5.13 Å². The van der Waals surface area contributed by atoms with Gasteiger partial charge in [0.1, 0.15) is 11.4 Å². The van der Waals surface area contributed by atoms with Crippen LogP contribution in [0.2, 0.25) is 0 Å². The van der Waals surface area contributed by atoms with Crippen LogP contribution in [0.3, 0.4) is 0 Å². The molecule has 10 nitrogen and oxygen atoms in total. The molecule has 11 heteroatoms. The summed E-state index contributed by atoms with van der Waals surface area (Å²) in [5, 5.41) is 8.18. The first-order chi connectivity index (χ1) is 20.0. The van der Waals surface area contributed by atoms with Gasteiger partial charge < -0.3 is 18.9 Å². The quantitative estimate of drug-likeness (QED) is 0.240. The second kappa shape index (κ2) is 10.8. The van der Waals surface area contributed by atoms with Crippen molar-refractivity contribution in [3.63, 3.8) is 0 Å². The van der Waals surface area contributed by atoms with Gasteiger partial charge in [0, 0.05) is 17.2 Å². The predicted octanol–water partition coefficient (Wildman–Crippen LogP) is 5.96. The zero-order valence-electron chi connectivity index (χ0n) is 22.7. The number of carbonyl (C=O) groups excluding carboxylic acids is 1. The third kappa shape index (κ3) is 4.87. The number of methoxy groups -OCH3 is 4. The maximum absolute atomic E-state index is 13.5. The van der Waals surface area contributed by atoms with Gasteiger partial charge in [-0.15, -0.1) is 0 Å². The fourth-order valence-corrected chi connectivity index (χ4v) is 5.41. The van der Waals surface area contributed by atoms with Crippen LogP contribution in [-0.4, -0.2) is 53.9 Å². The van der Waals surface area contributed by atoms with Crippen molar-refractivity contribution in [3.8, 4) is 45.5 Å². The van der Waals surface area contributed by atoms with E-state index < -0.39 is 5.91 Å². The molecule has 0 aliphatic heterocycles. The molecule has 0 bridgehead atoms. The predicted molar refractivity (Wildman–Crippen MR) is 158 cm³/mol. The van der Waals surface area contributed by atoms with Gasteiger partial charge in [-0.1, -0.05) is 41.7 Å². The minimum absolute atomic E-state index is 0.192. The molecule has 3 aromatic carbocycles. The number of hydrogen-bond donors (Lipinski definition) is 1. The molecule has 3 aromatic heterocycles. The zero-order chi connectivity index (χ0) is 28.5. The van der Waals surface area contributed by atoms with Crippen LogP contribution < -0.4 is 24.3 Å². The molecule has 6 rings (SSSR count). The molecule has 0 aliphatic rings. The Bertz CT molecular complexity index is 1880. The highest BCUT2D eigenvalue weighted by molar-refractivity contribution is 7.22. The van der Waals surface area contributed by atoms with Gasteiger partial charge >= 0.3 is 0 Å². The number of rotatable bonds is 8. The van der Waals surface area contributed by atoms with Crippen LogP contribution in [0, 0.1) is 0 Å². The summed E-state index contributed by atoms with van der Waals surface area (Å²) >= 11 is 1.35. The highest BCUT2D eigenvalue weighted by atomic mass is 32.1. The second-order valence-corrected chi connectivity index (χ2v) is 9.94. The summed E-state index contributed by atoms with van der Waals surface area (Å²) in [6, 6.07) is 22.5. The Kier molecular flexibility index (Phi) is 6.86. The molecule has 0 unspecified atom stereocenters. The molecule has 41 heavy (non-hydrogen) atoms. The van der Waals surface area contributed by atoms with E-state index in [1.54, 1.807) is 39.0 Å². The lowest BCUT2D eigenvalue weighted by Gasteiger charge is -2.15. The number of fused-ring (bicyclic) bond motifs is 2. The van der Waals surface area contributed by atoms with Gasteiger partial charge in [-0.2, -0.15) is 5.10 Å². The third-order valence-corrected chi connectivity index (χ3v) is 7.44. The number of amides is 1. The first-order valence-electron chi connectivity index (χ1n) is 12.5. The lowest BCUT2D eigenvalue weighted by molar-refractivity contribution is 0.102. The Balaban J connectivity index is 1.48. The van der Waals surface area contributed by atoms with Gasteiger partial charge in [-0.25, -0.2) is 14.5 Å². The summed E-state index contributed by atoms with van der Waals surface area (Å²) in [6.07, 6.45) is 0. The molecular formula is C30H25N5O5S. The zero-order valence-corrected chi connectivity index (χ0v) is 23.5. The fraction of sp³-hybridized carbons (Fsp3) is 0.133. The van der Waals surface area contributed by atoms with Gasteiger partial charge in [0.25, 0.3) is 5.91 Å². The molecule has 206 valence electrons. The number of nitrogens with zero attached hydrogens (tertiary/aromatic N) is 4. The molecule has 6 aromatic rings. The van der Waals surface area contributed by atoms with Gasteiger partial charge in [0.05, 0.1) is 50.0 Å². The van der Waals surface area contributed by atoms with Crippen molar-refractivity contribution in [3.05, 3.63) is 78.5 Å². The van der Waals surface area contributed by atoms with Crippen LogP contribution in [0.15, 0.2) is 72.8 Å². The molecule has 0 saturated carbocycles. The normalized spacial score (nSPS) is 11.0. The Morgan fingerprint density at radius 2 is 1.56 bits per heavy atom. The van der Waals surface area contributed by atoms with Crippen molar-refractivity contribution in [2.75, 3.05) is 33.8 Å². The molecule has 3 heterocycles. The van der Waals surface area contributed by atoms with Gasteiger partial charge in [0.15, 0.2) is 22.3 Å². The molecule has 1 amide bonds. The maximum Gasteiger partial charge on any atom is 0.276 e. The number of ether oxygens (including phenoxy) is 4. The number of benzene rings is 3. The van der Waals surface area contributed by atoms with E-state index in [1.807, 2.05) is 66.7 Å². The average molecular weight is 568 g/mol. The first-order valence-corrected chi connectivity index (χ1v) is 13.4. The number of hydrogen-bond acceptors (Lipinski definition) is 9. The van der Waals surface area contributed by atoms with Crippen LogP contribution in [0.1, 0.15) is 10.5 Å². The second-order valence-electron chi connectivity index (χ2n) is 8.91. The van der Waals surface area contributed by atoms with E-state index in [0.29, 0.717) is 45.0 Å². The Morgan fingerprint density at radius 3 is 2.24 bits per heavy atom. The summed E-state index contributed by atoms with van der Waals surface area (Å²) in [6.45, 7) is 0. The summed E-state index contributed by atoms with van der Waals surface area (Å²) in [5.41, 5.74) is 4.38. The van der Waals surface area contributed by atoms with E-state index >= 15 is 0 Å². The number of nitrogens with one attached hydrogen (secondary N) is 1. The number of thiazole rings is 1. The van der Waals surface area contributed by atoms with Gasteiger partial charge in [0.2, 0.25) is 5.75 Å². The van der Waals surface area contributed by atoms with E-state index in [-0.39, 0.29) is 5.69 Å². The average Bonchev–Trinajstić information content (AvgIpc) is 3.63. The first kappa shape index (κ1) is 26.1. The van der Waals surface area contributed by atoms with E-state index in [1.165, 1.54) is 11.3 Å². The van der Waals surface area contributed by atoms with E-state index in [0.717, 1.165) is 21.5 Å². The van der Waals surface area contributed by atoms with Crippen LogP contribution in [-0.2, 0) is 0 Å². The monoisotopic (exact) mass is 567 g/mol. The van der Waals surface area contributed by atoms with E-state index in [2.05, 4.69) is 15.3 Å². The Labute approximate surface area is 239 Å². The largest absolute Gasteiger partial charge is 0.497 e. The smallest absolute Gasteiger partial charge is 0.276 e. The number of carbonyl (C=O) groups is 1. The topological polar surface area (TPSA) is 109 Å². The minimum atomic E-state index is -0.408. The molecule has 1 N–H and O–H groups in total. The van der Waals surface area contributed by atoms with E-state index in [4.69, 9.17) is 24.0 Å². The summed E-state index contributed by atoms with van der Waals surface area (Å²) in [5.74, 6) is 1.71. The summed E-state index contributed by atoms with van der Waals surface area (Å²) < 4.78 is 24.6. The molecule has 0 fully saturated rings. The van der Waals surface area contributed by atoms with Crippen LogP contribution >= 0.6 is 11.3 Å². The van der Waals surface area contributed by atoms with Crippen molar-refractivity contribution in [2.24, 2.45) is 0 Å². The van der Waals surface area contributed by atoms with Gasteiger partial charge in [-0.05, 0) is 36.4 Å². The third-order valence-electron chi connectivity index (χ3n) is 6.51. The Hall–Kier alpha value is -5.16.